The van der Waals surface area contributed by atoms with Crippen LogP contribution in [0.5, 0.6) is 0 Å². The van der Waals surface area contributed by atoms with Crippen LogP contribution in [0.2, 0.25) is 0 Å². The summed E-state index contributed by atoms with van der Waals surface area (Å²) in [6.45, 7) is 2.64. The fourth-order valence-corrected chi connectivity index (χ4v) is 6.38. The summed E-state index contributed by atoms with van der Waals surface area (Å²) in [5, 5.41) is 12.1. The third-order valence-corrected chi connectivity index (χ3v) is 9.10. The van der Waals surface area contributed by atoms with E-state index >= 15 is 0 Å². The predicted octanol–water partition coefficient (Wildman–Crippen LogP) is 5.58. The van der Waals surface area contributed by atoms with Gasteiger partial charge in [-0.25, -0.2) is 14.7 Å². The van der Waals surface area contributed by atoms with Crippen molar-refractivity contribution >= 4 is 34.6 Å². The van der Waals surface area contributed by atoms with Crippen molar-refractivity contribution in [1.29, 1.82) is 0 Å². The lowest BCUT2D eigenvalue weighted by molar-refractivity contribution is -0.276. The summed E-state index contributed by atoms with van der Waals surface area (Å²) in [4.78, 5) is 44.2. The fraction of sp³-hybridized carbons (Fsp3) is 0.263. The highest BCUT2D eigenvalue weighted by atomic mass is 16.7. The number of imide groups is 1. The Labute approximate surface area is 283 Å². The van der Waals surface area contributed by atoms with Gasteiger partial charge in [-0.3, -0.25) is 9.59 Å². The molecule has 2 aliphatic heterocycles. The number of amides is 3. The molecule has 2 fully saturated rings. The Kier molecular flexibility index (Phi) is 9.21. The summed E-state index contributed by atoms with van der Waals surface area (Å²) in [6, 6.07) is 30.7. The number of fused-ring (bicyclic) bond motifs is 1. The van der Waals surface area contributed by atoms with Crippen molar-refractivity contribution in [3.05, 3.63) is 132 Å². The van der Waals surface area contributed by atoms with Gasteiger partial charge in [0.1, 0.15) is 12.6 Å². The number of aliphatic hydroxyl groups excluding tert-OH is 1. The maximum absolute atomic E-state index is 13.2. The van der Waals surface area contributed by atoms with Crippen molar-refractivity contribution < 1.29 is 33.7 Å². The zero-order chi connectivity index (χ0) is 33.9. The first-order chi connectivity index (χ1) is 23.9. The van der Waals surface area contributed by atoms with Gasteiger partial charge in [-0.05, 0) is 41.0 Å². The monoisotopic (exact) mass is 660 g/mol. The lowest BCUT2D eigenvalue weighted by atomic mass is 9.90. The summed E-state index contributed by atoms with van der Waals surface area (Å²) in [6.07, 6.45) is -0.442. The van der Waals surface area contributed by atoms with Crippen LogP contribution in [0.1, 0.15) is 48.0 Å². The number of alkyl carbamates (subject to hydrolysis) is 1. The molecule has 4 aromatic carbocycles. The van der Waals surface area contributed by atoms with Crippen LogP contribution in [-0.4, -0.2) is 44.7 Å². The third kappa shape index (κ3) is 6.82. The molecular weight excluding hydrogens is 624 g/mol. The summed E-state index contributed by atoms with van der Waals surface area (Å²) >= 11 is 0. The Morgan fingerprint density at radius 2 is 1.61 bits per heavy atom. The molecule has 0 saturated carbocycles. The van der Waals surface area contributed by atoms with Crippen LogP contribution in [0.3, 0.4) is 0 Å². The molecule has 2 N–H and O–H groups in total. The molecule has 1 aromatic heterocycles. The largest absolute Gasteiger partial charge is 0.445 e. The Bertz CT molecular complexity index is 1940. The lowest BCUT2D eigenvalue weighted by Gasteiger charge is -2.41. The number of anilines is 1. The molecular formula is C38H36N4O7. The van der Waals surface area contributed by atoms with Crippen LogP contribution in [0, 0.1) is 5.92 Å². The molecule has 1 unspecified atom stereocenters. The molecule has 11 heteroatoms. The highest BCUT2D eigenvalue weighted by molar-refractivity contribution is 6.22. The quantitative estimate of drug-likeness (QED) is 0.196. The first-order valence-corrected chi connectivity index (χ1v) is 16.2. The minimum atomic E-state index is -1.03. The first-order valence-electron chi connectivity index (χ1n) is 16.2. The highest BCUT2D eigenvalue weighted by Gasteiger charge is 2.42. The molecule has 5 aromatic rings. The maximum Gasteiger partial charge on any atom is 0.408 e. The van der Waals surface area contributed by atoms with E-state index in [1.54, 1.807) is 24.3 Å². The van der Waals surface area contributed by atoms with Crippen LogP contribution in [0.25, 0.3) is 11.0 Å². The Hall–Kier alpha value is -5.36. The number of hydrogen-bond acceptors (Lipinski definition) is 8. The number of para-hydroxylation sites is 2. The van der Waals surface area contributed by atoms with Crippen molar-refractivity contribution in [2.45, 2.75) is 57.6 Å². The van der Waals surface area contributed by atoms with Gasteiger partial charge in [0.2, 0.25) is 5.91 Å². The van der Waals surface area contributed by atoms with Gasteiger partial charge in [-0.15, -0.1) is 0 Å². The van der Waals surface area contributed by atoms with Gasteiger partial charge in [-0.1, -0.05) is 85.8 Å². The Morgan fingerprint density at radius 1 is 0.898 bits per heavy atom. The van der Waals surface area contributed by atoms with E-state index in [0.29, 0.717) is 17.8 Å². The number of carbonyl (C=O) groups excluding carboxylic acids is 3. The zero-order valence-electron chi connectivity index (χ0n) is 26.8. The number of benzene rings is 4. The summed E-state index contributed by atoms with van der Waals surface area (Å²) in [7, 11) is 0. The maximum atomic E-state index is 13.2. The van der Waals surface area contributed by atoms with E-state index in [2.05, 4.69) is 21.8 Å². The molecule has 11 nitrogen and oxygen atoms in total. The SMILES string of the molecule is C[C@H]1[C@@H](Cn2cnc3ccccc32)O[C@@H](c2ccc(N3C(=O)CC(NC(=O)OCc4ccccc4)C3=O)cc2)O[C@H]1c1ccc(CO)cc1. The van der Waals surface area contributed by atoms with Crippen LogP contribution in [0.15, 0.2) is 109 Å². The summed E-state index contributed by atoms with van der Waals surface area (Å²) in [5.74, 6) is -1.00. The third-order valence-electron chi connectivity index (χ3n) is 9.10. The van der Waals surface area contributed by atoms with E-state index in [-0.39, 0.29) is 37.8 Å². The van der Waals surface area contributed by atoms with Crippen molar-refractivity contribution in [2.24, 2.45) is 5.92 Å². The molecule has 0 aliphatic carbocycles. The number of hydrogen-bond donors (Lipinski definition) is 2. The second-order valence-corrected chi connectivity index (χ2v) is 12.3. The smallest absolute Gasteiger partial charge is 0.408 e. The van der Waals surface area contributed by atoms with Crippen LogP contribution in [0.4, 0.5) is 10.5 Å². The number of nitrogens with one attached hydrogen (secondary N) is 1. The molecule has 2 aliphatic rings. The zero-order valence-corrected chi connectivity index (χ0v) is 26.8. The molecule has 2 saturated heterocycles. The van der Waals surface area contributed by atoms with Crippen molar-refractivity contribution in [3.63, 3.8) is 0 Å². The van der Waals surface area contributed by atoms with Crippen LogP contribution < -0.4 is 10.2 Å². The number of aromatic nitrogens is 2. The van der Waals surface area contributed by atoms with E-state index in [4.69, 9.17) is 14.2 Å². The number of ether oxygens (including phenoxy) is 3. The number of nitrogens with zero attached hydrogens (tertiary/aromatic N) is 3. The molecule has 5 atom stereocenters. The van der Waals surface area contributed by atoms with E-state index in [1.165, 1.54) is 0 Å². The van der Waals surface area contributed by atoms with Gasteiger partial charge < -0.3 is 29.2 Å². The fourth-order valence-electron chi connectivity index (χ4n) is 6.38. The molecule has 3 amide bonds. The predicted molar refractivity (Wildman–Crippen MR) is 180 cm³/mol. The molecule has 250 valence electrons. The molecule has 3 heterocycles. The van der Waals surface area contributed by atoms with Gasteiger partial charge >= 0.3 is 6.09 Å². The first kappa shape index (κ1) is 32.2. The van der Waals surface area contributed by atoms with E-state index < -0.39 is 30.2 Å². The van der Waals surface area contributed by atoms with Gasteiger partial charge in [0.05, 0.1) is 54.8 Å². The van der Waals surface area contributed by atoms with Gasteiger partial charge in [-0.2, -0.15) is 0 Å². The second kappa shape index (κ2) is 14.0. The van der Waals surface area contributed by atoms with Gasteiger partial charge in [0.15, 0.2) is 6.29 Å². The second-order valence-electron chi connectivity index (χ2n) is 12.3. The number of imidazole rings is 1. The lowest BCUT2D eigenvalue weighted by Crippen LogP contribution is -2.42. The molecule has 0 spiro atoms. The molecule has 0 bridgehead atoms. The molecule has 7 rings (SSSR count). The van der Waals surface area contributed by atoms with E-state index in [9.17, 15) is 19.5 Å². The Balaban J connectivity index is 1.07. The van der Waals surface area contributed by atoms with Crippen LogP contribution in [-0.2, 0) is 43.6 Å². The minimum Gasteiger partial charge on any atom is -0.445 e. The van der Waals surface area contributed by atoms with Crippen molar-refractivity contribution in [1.82, 2.24) is 14.9 Å². The average Bonchev–Trinajstić information content (AvgIpc) is 3.67. The topological polar surface area (TPSA) is 132 Å². The van der Waals surface area contributed by atoms with Crippen LogP contribution >= 0.6 is 0 Å². The van der Waals surface area contributed by atoms with Crippen molar-refractivity contribution in [2.75, 3.05) is 4.90 Å². The summed E-state index contributed by atoms with van der Waals surface area (Å²) in [5.41, 5.74) is 5.58. The minimum absolute atomic E-state index is 0.0414. The summed E-state index contributed by atoms with van der Waals surface area (Å²) < 4.78 is 20.5. The van der Waals surface area contributed by atoms with Gasteiger partial charge in [0.25, 0.3) is 5.91 Å². The normalized spacial score (nSPS) is 22.4. The standard InChI is InChI=1S/C38H36N4O7/c1-24-33(20-41-23-39-30-9-5-6-10-32(30)41)48-37(49-35(24)27-13-11-25(21-43)12-14-27)28-15-17-29(18-16-28)42-34(44)19-31(36(42)45)40-38(46)47-22-26-7-3-2-4-8-26/h2-18,23-24,31,33,35,37,43H,19-22H2,1H3,(H,40,46)/t24-,31?,33+,35+,37+/m0/s1. The number of aliphatic hydroxyl groups is 1. The number of rotatable bonds is 9. The van der Waals surface area contributed by atoms with E-state index in [1.807, 2.05) is 85.2 Å². The van der Waals surface area contributed by atoms with Gasteiger partial charge in [0, 0.05) is 11.5 Å². The van der Waals surface area contributed by atoms with Crippen molar-refractivity contribution in [3.8, 4) is 0 Å². The van der Waals surface area contributed by atoms with E-state index in [0.717, 1.165) is 32.6 Å². The molecule has 0 radical (unpaired) electrons. The average molecular weight is 661 g/mol. The molecule has 49 heavy (non-hydrogen) atoms. The Morgan fingerprint density at radius 3 is 2.37 bits per heavy atom. The highest BCUT2D eigenvalue weighted by Crippen LogP contribution is 2.42. The number of carbonyl (C=O) groups is 3.